The number of halogens is 1. The lowest BCUT2D eigenvalue weighted by Gasteiger charge is -2.35. The SMILES string of the molecule is CC1=CC(C)(C)Nc2ccc3c(c21)/C(=C/C=O)Oc1ccc(F)cc1-3. The molecule has 0 unspecified atom stereocenters. The highest BCUT2D eigenvalue weighted by Gasteiger charge is 2.31. The Morgan fingerprint density at radius 1 is 1.12 bits per heavy atom. The number of carbonyl (C=O) groups excluding carboxylic acids is 1. The average Bonchev–Trinajstić information content (AvgIpc) is 2.53. The standard InChI is InChI=1S/C21H18FNO2/c1-12-11-21(2,3)23-16-6-5-14-15-10-13(22)4-7-17(15)25-18(8-9-24)20(14)19(12)16/h4-11,23H,1-3H3/b18-8-. The Bertz CT molecular complexity index is 970. The van der Waals surface area contributed by atoms with E-state index >= 15 is 0 Å². The van der Waals surface area contributed by atoms with Crippen LogP contribution in [0.4, 0.5) is 10.1 Å². The Labute approximate surface area is 145 Å². The normalized spacial score (nSPS) is 18.2. The summed E-state index contributed by atoms with van der Waals surface area (Å²) in [5.74, 6) is 0.711. The summed E-state index contributed by atoms with van der Waals surface area (Å²) in [4.78, 5) is 11.2. The van der Waals surface area contributed by atoms with Crippen LogP contribution in [0.3, 0.4) is 0 Å². The van der Waals surface area contributed by atoms with Crippen LogP contribution < -0.4 is 10.1 Å². The van der Waals surface area contributed by atoms with Crippen LogP contribution in [-0.2, 0) is 4.79 Å². The zero-order valence-corrected chi connectivity index (χ0v) is 14.3. The van der Waals surface area contributed by atoms with Gasteiger partial charge in [0.05, 0.1) is 5.54 Å². The minimum absolute atomic E-state index is 0.167. The molecule has 2 aromatic rings. The van der Waals surface area contributed by atoms with Crippen LogP contribution in [0.2, 0.25) is 0 Å². The van der Waals surface area contributed by atoms with Gasteiger partial charge in [0.15, 0.2) is 0 Å². The fourth-order valence-electron chi connectivity index (χ4n) is 3.74. The van der Waals surface area contributed by atoms with Crippen LogP contribution in [0.25, 0.3) is 22.5 Å². The number of rotatable bonds is 1. The van der Waals surface area contributed by atoms with E-state index in [1.54, 1.807) is 6.07 Å². The molecule has 0 aliphatic carbocycles. The van der Waals surface area contributed by atoms with Crippen LogP contribution in [0.1, 0.15) is 31.9 Å². The van der Waals surface area contributed by atoms with Crippen molar-refractivity contribution in [2.75, 3.05) is 5.32 Å². The third-order valence-corrected chi connectivity index (χ3v) is 4.55. The van der Waals surface area contributed by atoms with Gasteiger partial charge in [-0.05, 0) is 56.2 Å². The Hall–Kier alpha value is -2.88. The number of benzene rings is 2. The van der Waals surface area contributed by atoms with Gasteiger partial charge in [-0.3, -0.25) is 4.79 Å². The van der Waals surface area contributed by atoms with Crippen LogP contribution >= 0.6 is 0 Å². The van der Waals surface area contributed by atoms with E-state index in [9.17, 15) is 9.18 Å². The lowest BCUT2D eigenvalue weighted by molar-refractivity contribution is -0.104. The van der Waals surface area contributed by atoms with Crippen LogP contribution in [0.5, 0.6) is 5.75 Å². The molecule has 0 atom stereocenters. The van der Waals surface area contributed by atoms with Crippen molar-refractivity contribution in [2.24, 2.45) is 0 Å². The maximum atomic E-state index is 13.8. The van der Waals surface area contributed by atoms with Gasteiger partial charge in [-0.1, -0.05) is 12.1 Å². The van der Waals surface area contributed by atoms with Gasteiger partial charge < -0.3 is 10.1 Å². The van der Waals surface area contributed by atoms with Gasteiger partial charge in [-0.15, -0.1) is 0 Å². The van der Waals surface area contributed by atoms with Crippen molar-refractivity contribution >= 4 is 23.3 Å². The molecular formula is C21H18FNO2. The fraction of sp³-hybridized carbons (Fsp3) is 0.190. The van der Waals surface area contributed by atoms with E-state index in [2.05, 4.69) is 25.2 Å². The van der Waals surface area contributed by atoms with Crippen LogP contribution in [0.15, 0.2) is 42.5 Å². The van der Waals surface area contributed by atoms with Crippen molar-refractivity contribution in [3.8, 4) is 16.9 Å². The minimum atomic E-state index is -0.319. The number of nitrogens with one attached hydrogen (secondary N) is 1. The number of carbonyl (C=O) groups is 1. The van der Waals surface area contributed by atoms with Gasteiger partial charge in [-0.2, -0.15) is 0 Å². The van der Waals surface area contributed by atoms with Crippen LogP contribution in [-0.4, -0.2) is 11.8 Å². The summed E-state index contributed by atoms with van der Waals surface area (Å²) in [5, 5.41) is 3.49. The Balaban J connectivity index is 2.06. The molecule has 2 aliphatic rings. The molecule has 4 rings (SSSR count). The van der Waals surface area contributed by atoms with Gasteiger partial charge in [0, 0.05) is 28.5 Å². The van der Waals surface area contributed by atoms with E-state index in [1.165, 1.54) is 18.2 Å². The third kappa shape index (κ3) is 2.45. The zero-order chi connectivity index (χ0) is 17.8. The highest BCUT2D eigenvalue weighted by atomic mass is 19.1. The zero-order valence-electron chi connectivity index (χ0n) is 14.3. The maximum Gasteiger partial charge on any atom is 0.146 e. The molecule has 2 heterocycles. The summed E-state index contributed by atoms with van der Waals surface area (Å²) in [6, 6.07) is 8.38. The van der Waals surface area contributed by atoms with Crippen molar-refractivity contribution in [3.05, 3.63) is 59.4 Å². The number of hydrogen-bond donors (Lipinski definition) is 1. The first-order valence-corrected chi connectivity index (χ1v) is 8.18. The molecule has 0 bridgehead atoms. The van der Waals surface area contributed by atoms with Crippen molar-refractivity contribution in [1.82, 2.24) is 0 Å². The molecule has 0 radical (unpaired) electrons. The number of anilines is 1. The molecule has 2 aliphatic heterocycles. The second-order valence-electron chi connectivity index (χ2n) is 6.99. The molecule has 25 heavy (non-hydrogen) atoms. The van der Waals surface area contributed by atoms with E-state index in [-0.39, 0.29) is 11.4 Å². The van der Waals surface area contributed by atoms with Crippen molar-refractivity contribution in [1.29, 1.82) is 0 Å². The van der Waals surface area contributed by atoms with Gasteiger partial charge in [0.1, 0.15) is 23.6 Å². The number of ether oxygens (including phenoxy) is 1. The number of hydrogen-bond acceptors (Lipinski definition) is 3. The molecule has 0 saturated carbocycles. The maximum absolute atomic E-state index is 13.8. The Kier molecular flexibility index (Phi) is 3.32. The Morgan fingerprint density at radius 2 is 1.92 bits per heavy atom. The lowest BCUT2D eigenvalue weighted by Crippen LogP contribution is -2.32. The molecule has 0 fully saturated rings. The molecule has 4 heteroatoms. The second kappa shape index (κ2) is 5.31. The number of aldehydes is 1. The summed E-state index contributed by atoms with van der Waals surface area (Å²) in [6.45, 7) is 6.24. The van der Waals surface area contributed by atoms with E-state index in [4.69, 9.17) is 4.74 Å². The molecule has 1 N–H and O–H groups in total. The molecule has 0 spiro atoms. The fourth-order valence-corrected chi connectivity index (χ4v) is 3.74. The van der Waals surface area contributed by atoms with E-state index in [1.807, 2.05) is 19.1 Å². The molecule has 126 valence electrons. The highest BCUT2D eigenvalue weighted by Crippen LogP contribution is 2.48. The van der Waals surface area contributed by atoms with Gasteiger partial charge >= 0.3 is 0 Å². The first-order chi connectivity index (χ1) is 11.9. The van der Waals surface area contributed by atoms with Crippen molar-refractivity contribution < 1.29 is 13.9 Å². The monoisotopic (exact) mass is 335 g/mol. The van der Waals surface area contributed by atoms with E-state index in [0.29, 0.717) is 23.4 Å². The topological polar surface area (TPSA) is 38.3 Å². The summed E-state index contributed by atoms with van der Waals surface area (Å²) in [7, 11) is 0. The Morgan fingerprint density at radius 3 is 2.68 bits per heavy atom. The van der Waals surface area contributed by atoms with E-state index in [0.717, 1.165) is 28.0 Å². The predicted molar refractivity (Wildman–Crippen MR) is 97.9 cm³/mol. The minimum Gasteiger partial charge on any atom is -0.456 e. The third-order valence-electron chi connectivity index (χ3n) is 4.55. The molecule has 0 aromatic heterocycles. The second-order valence-corrected chi connectivity index (χ2v) is 6.99. The van der Waals surface area contributed by atoms with Crippen molar-refractivity contribution in [3.63, 3.8) is 0 Å². The first-order valence-electron chi connectivity index (χ1n) is 8.18. The summed E-state index contributed by atoms with van der Waals surface area (Å²) in [5.41, 5.74) is 5.26. The first kappa shape index (κ1) is 15.6. The highest BCUT2D eigenvalue weighted by molar-refractivity contribution is 5.99. The molecular weight excluding hydrogens is 317 g/mol. The quantitative estimate of drug-likeness (QED) is 0.586. The van der Waals surface area contributed by atoms with Gasteiger partial charge in [0.25, 0.3) is 0 Å². The number of allylic oxidation sites excluding steroid dienone is 2. The largest absolute Gasteiger partial charge is 0.456 e. The van der Waals surface area contributed by atoms with Gasteiger partial charge in [-0.25, -0.2) is 4.39 Å². The lowest BCUT2D eigenvalue weighted by atomic mass is 9.83. The van der Waals surface area contributed by atoms with Crippen molar-refractivity contribution in [2.45, 2.75) is 26.3 Å². The molecule has 0 saturated heterocycles. The summed E-state index contributed by atoms with van der Waals surface area (Å²) in [6.07, 6.45) is 4.28. The molecule has 0 amide bonds. The summed E-state index contributed by atoms with van der Waals surface area (Å²) < 4.78 is 19.7. The smallest absolute Gasteiger partial charge is 0.146 e. The van der Waals surface area contributed by atoms with E-state index < -0.39 is 0 Å². The average molecular weight is 335 g/mol. The predicted octanol–water partition coefficient (Wildman–Crippen LogP) is 5.03. The molecule has 3 nitrogen and oxygen atoms in total. The number of fused-ring (bicyclic) bond motifs is 5. The van der Waals surface area contributed by atoms with Gasteiger partial charge in [0.2, 0.25) is 0 Å². The molecule has 2 aromatic carbocycles. The summed E-state index contributed by atoms with van der Waals surface area (Å²) >= 11 is 0. The van der Waals surface area contributed by atoms with Crippen LogP contribution in [0, 0.1) is 5.82 Å².